The molecule has 1 rings (SSSR count). The maximum absolute atomic E-state index is 12.4. The van der Waals surface area contributed by atoms with E-state index in [1.165, 1.54) is 0 Å². The van der Waals surface area contributed by atoms with Crippen LogP contribution in [0.1, 0.15) is 59.4 Å². The molecule has 0 spiro atoms. The summed E-state index contributed by atoms with van der Waals surface area (Å²) in [4.78, 5) is 12.9. The fourth-order valence-corrected chi connectivity index (χ4v) is 1.89. The normalized spacial score (nSPS) is 13.0. The fourth-order valence-electron chi connectivity index (χ4n) is 1.89. The number of carbonyl (C=O) groups excluding carboxylic acids is 1. The number of halogens is 3. The number of rotatable bonds is 5. The van der Waals surface area contributed by atoms with E-state index in [2.05, 4.69) is 10.5 Å². The zero-order valence-corrected chi connectivity index (χ0v) is 15.0. The van der Waals surface area contributed by atoms with Crippen LogP contribution in [0.15, 0.2) is 6.07 Å². The van der Waals surface area contributed by atoms with Crippen LogP contribution in [-0.4, -0.2) is 34.2 Å². The van der Waals surface area contributed by atoms with E-state index >= 15 is 0 Å². The largest absolute Gasteiger partial charge is 0.460 e. The molecule has 1 aromatic heterocycles. The van der Waals surface area contributed by atoms with Gasteiger partial charge < -0.3 is 10.2 Å². The Morgan fingerprint density at radius 1 is 1.21 bits per heavy atom. The molecule has 1 heterocycles. The number of nitrogens with one attached hydrogen (secondary N) is 1. The Morgan fingerprint density at radius 2 is 1.79 bits per heavy atom. The summed E-state index contributed by atoms with van der Waals surface area (Å²) >= 11 is 0. The second kappa shape index (κ2) is 7.03. The third-order valence-electron chi connectivity index (χ3n) is 2.99. The summed E-state index contributed by atoms with van der Waals surface area (Å²) in [5.74, 6) is -0.400. The van der Waals surface area contributed by atoms with Crippen LogP contribution >= 0.6 is 0 Å². The summed E-state index contributed by atoms with van der Waals surface area (Å²) in [5, 5.41) is 4.19. The highest BCUT2D eigenvalue weighted by Gasteiger charge is 2.28. The molecule has 1 aromatic rings. The maximum Gasteiger partial charge on any atom is 0.407 e. The Bertz CT molecular complexity index is 567. The van der Waals surface area contributed by atoms with Crippen LogP contribution in [0.4, 0.5) is 13.2 Å². The van der Waals surface area contributed by atoms with Crippen molar-refractivity contribution in [3.63, 3.8) is 0 Å². The summed E-state index contributed by atoms with van der Waals surface area (Å²) in [6.07, 6.45) is -4.04. The highest BCUT2D eigenvalue weighted by molar-refractivity contribution is 5.70. The van der Waals surface area contributed by atoms with Crippen molar-refractivity contribution < 1.29 is 22.7 Å². The molecule has 0 amide bonds. The van der Waals surface area contributed by atoms with Crippen LogP contribution < -0.4 is 5.43 Å². The zero-order valence-electron chi connectivity index (χ0n) is 15.0. The van der Waals surface area contributed by atoms with E-state index in [9.17, 15) is 18.0 Å². The van der Waals surface area contributed by atoms with Crippen molar-refractivity contribution in [2.45, 2.75) is 71.6 Å². The van der Waals surface area contributed by atoms with E-state index in [1.807, 2.05) is 20.8 Å². The van der Waals surface area contributed by atoms with Crippen LogP contribution in [0.3, 0.4) is 0 Å². The van der Waals surface area contributed by atoms with Gasteiger partial charge in [-0.2, -0.15) is 23.1 Å². The number of hydrogen-bond acceptors (Lipinski definition) is 4. The lowest BCUT2D eigenvalue weighted by molar-refractivity contribution is -0.154. The van der Waals surface area contributed by atoms with Gasteiger partial charge in [0, 0.05) is 11.8 Å². The van der Waals surface area contributed by atoms with E-state index in [-0.39, 0.29) is 18.3 Å². The molecule has 1 N–H and O–H groups in total. The van der Waals surface area contributed by atoms with Crippen LogP contribution in [0, 0.1) is 0 Å². The molecule has 5 nitrogen and oxygen atoms in total. The van der Waals surface area contributed by atoms with Crippen LogP contribution in [-0.2, 0) is 21.4 Å². The van der Waals surface area contributed by atoms with Crippen molar-refractivity contribution >= 4 is 5.97 Å². The molecule has 138 valence electrons. The third-order valence-corrected chi connectivity index (χ3v) is 2.99. The molecule has 0 fully saturated rings. The smallest absolute Gasteiger partial charge is 0.407 e. The van der Waals surface area contributed by atoms with Gasteiger partial charge in [-0.05, 0) is 26.8 Å². The first-order valence-electron chi connectivity index (χ1n) is 7.79. The van der Waals surface area contributed by atoms with E-state index in [4.69, 9.17) is 4.74 Å². The molecular weight excluding hydrogens is 323 g/mol. The van der Waals surface area contributed by atoms with Gasteiger partial charge in [0.15, 0.2) is 0 Å². The Morgan fingerprint density at radius 3 is 2.25 bits per heavy atom. The lowest BCUT2D eigenvalue weighted by Crippen LogP contribution is -2.30. The number of ether oxygens (including phenoxy) is 1. The van der Waals surface area contributed by atoms with Gasteiger partial charge in [-0.15, -0.1) is 0 Å². The van der Waals surface area contributed by atoms with E-state index in [0.717, 1.165) is 4.79 Å². The Labute approximate surface area is 140 Å². The first-order valence-corrected chi connectivity index (χ1v) is 7.79. The predicted molar refractivity (Wildman–Crippen MR) is 85.4 cm³/mol. The minimum absolute atomic E-state index is 0.0697. The van der Waals surface area contributed by atoms with Crippen molar-refractivity contribution in [1.82, 2.24) is 9.89 Å². The quantitative estimate of drug-likeness (QED) is 0.826. The van der Waals surface area contributed by atoms with Crippen LogP contribution in [0.2, 0.25) is 0 Å². The molecule has 0 atom stereocenters. The minimum Gasteiger partial charge on any atom is -0.460 e. The number of carbonyl (C=O) groups is 1. The molecule has 8 heteroatoms. The monoisotopic (exact) mass is 349 g/mol. The molecule has 0 bridgehead atoms. The summed E-state index contributed by atoms with van der Waals surface area (Å²) in [5.41, 5.74) is 2.50. The van der Waals surface area contributed by atoms with Crippen molar-refractivity contribution in [1.29, 1.82) is 0 Å². The number of alkyl halides is 3. The maximum atomic E-state index is 12.4. The molecule has 0 unspecified atom stereocenters. The first-order chi connectivity index (χ1) is 10.7. The summed E-state index contributed by atoms with van der Waals surface area (Å²) in [7, 11) is 0. The standard InChI is InChI=1S/C16H26F3N3O2/c1-14(2,3)12-9-11(7-8-13(23)24-15(4,5)6)22(21-12)20-10-16(17,18)19/h9,20H,7-8,10H2,1-6H3. The highest BCUT2D eigenvalue weighted by atomic mass is 19.4. The van der Waals surface area contributed by atoms with E-state index in [0.29, 0.717) is 11.4 Å². The topological polar surface area (TPSA) is 56.1 Å². The van der Waals surface area contributed by atoms with Gasteiger partial charge in [-0.3, -0.25) is 4.79 Å². The number of aryl methyl sites for hydroxylation is 1. The molecule has 0 radical (unpaired) electrons. The van der Waals surface area contributed by atoms with E-state index in [1.54, 1.807) is 26.8 Å². The predicted octanol–water partition coefficient (Wildman–Crippen LogP) is 3.56. The zero-order chi connectivity index (χ0) is 18.8. The second-order valence-corrected chi connectivity index (χ2v) is 7.72. The Hall–Kier alpha value is -1.73. The average molecular weight is 349 g/mol. The molecule has 0 aliphatic heterocycles. The molecular formula is C16H26F3N3O2. The number of nitrogens with zero attached hydrogens (tertiary/aromatic N) is 2. The SMILES string of the molecule is CC(C)(C)OC(=O)CCc1cc(C(C)(C)C)nn1NCC(F)(F)F. The number of hydrogen-bond donors (Lipinski definition) is 1. The molecule has 0 saturated heterocycles. The Kier molecular flexibility index (Phi) is 5.95. The summed E-state index contributed by atoms with van der Waals surface area (Å²) < 4.78 is 42.5. The fraction of sp³-hybridized carbons (Fsp3) is 0.750. The van der Waals surface area contributed by atoms with Gasteiger partial charge in [-0.25, -0.2) is 0 Å². The molecule has 0 aliphatic carbocycles. The van der Waals surface area contributed by atoms with Crippen molar-refractivity contribution in [3.05, 3.63) is 17.5 Å². The molecule has 0 saturated carbocycles. The van der Waals surface area contributed by atoms with Crippen molar-refractivity contribution in [2.24, 2.45) is 0 Å². The van der Waals surface area contributed by atoms with Gasteiger partial charge in [0.05, 0.1) is 17.8 Å². The summed E-state index contributed by atoms with van der Waals surface area (Å²) in [6, 6.07) is 1.72. The second-order valence-electron chi connectivity index (χ2n) is 7.72. The third kappa shape index (κ3) is 7.23. The van der Waals surface area contributed by atoms with Crippen molar-refractivity contribution in [3.8, 4) is 0 Å². The van der Waals surface area contributed by atoms with Gasteiger partial charge in [0.2, 0.25) is 0 Å². The van der Waals surface area contributed by atoms with E-state index < -0.39 is 24.3 Å². The first kappa shape index (κ1) is 20.3. The van der Waals surface area contributed by atoms with Gasteiger partial charge >= 0.3 is 12.1 Å². The molecule has 0 aromatic carbocycles. The average Bonchev–Trinajstić information content (AvgIpc) is 2.74. The lowest BCUT2D eigenvalue weighted by Gasteiger charge is -2.19. The summed E-state index contributed by atoms with van der Waals surface area (Å²) in [6.45, 7) is 9.84. The Balaban J connectivity index is 2.86. The number of esters is 1. The van der Waals surface area contributed by atoms with Crippen LogP contribution in [0.25, 0.3) is 0 Å². The molecule has 24 heavy (non-hydrogen) atoms. The minimum atomic E-state index is -4.35. The van der Waals surface area contributed by atoms with Gasteiger partial charge in [0.25, 0.3) is 0 Å². The molecule has 0 aliphatic rings. The van der Waals surface area contributed by atoms with Crippen LogP contribution in [0.5, 0.6) is 0 Å². The van der Waals surface area contributed by atoms with Gasteiger partial charge in [0.1, 0.15) is 12.1 Å². The van der Waals surface area contributed by atoms with Crippen molar-refractivity contribution in [2.75, 3.05) is 12.0 Å². The van der Waals surface area contributed by atoms with Gasteiger partial charge in [-0.1, -0.05) is 20.8 Å². The number of aromatic nitrogens is 2. The highest BCUT2D eigenvalue weighted by Crippen LogP contribution is 2.22. The lowest BCUT2D eigenvalue weighted by atomic mass is 9.92.